The van der Waals surface area contributed by atoms with Gasteiger partial charge >= 0.3 is 0 Å². The molecule has 3 rings (SSSR count). The minimum Gasteiger partial charge on any atom is -0.390 e. The first-order valence-corrected chi connectivity index (χ1v) is 8.28. The number of nitrogens with zero attached hydrogens (tertiary/aromatic N) is 2. The second-order valence-electron chi connectivity index (χ2n) is 5.44. The lowest BCUT2D eigenvalue weighted by molar-refractivity contribution is 0.0171. The van der Waals surface area contributed by atoms with Gasteiger partial charge in [0, 0.05) is 47.9 Å². The molecular formula is C16H20BrN3O2. The van der Waals surface area contributed by atoms with Gasteiger partial charge in [0.05, 0.1) is 24.8 Å². The van der Waals surface area contributed by atoms with Gasteiger partial charge < -0.3 is 15.2 Å². The van der Waals surface area contributed by atoms with Crippen LogP contribution in [0.4, 0.5) is 5.69 Å². The summed E-state index contributed by atoms with van der Waals surface area (Å²) in [6, 6.07) is 7.94. The molecule has 22 heavy (non-hydrogen) atoms. The zero-order valence-electron chi connectivity index (χ0n) is 12.3. The maximum absolute atomic E-state index is 10.2. The maximum atomic E-state index is 10.2. The molecule has 0 spiro atoms. The van der Waals surface area contributed by atoms with Crippen LogP contribution in [0, 0.1) is 0 Å². The van der Waals surface area contributed by atoms with E-state index >= 15 is 0 Å². The van der Waals surface area contributed by atoms with E-state index in [4.69, 9.17) is 4.74 Å². The van der Waals surface area contributed by atoms with Gasteiger partial charge in [0.15, 0.2) is 0 Å². The van der Waals surface area contributed by atoms with Crippen molar-refractivity contribution in [2.75, 3.05) is 44.7 Å². The van der Waals surface area contributed by atoms with E-state index < -0.39 is 6.10 Å². The zero-order valence-corrected chi connectivity index (χ0v) is 13.9. The standard InChI is InChI=1S/C16H20BrN3O2/c17-14-3-1-2-13-15(4-5-18-16(13)14)19-10-12(21)11-20-6-8-22-9-7-20/h1-5,12,21H,6-11H2,(H,18,19). The summed E-state index contributed by atoms with van der Waals surface area (Å²) in [7, 11) is 0. The van der Waals surface area contributed by atoms with E-state index in [0.29, 0.717) is 13.1 Å². The number of para-hydroxylation sites is 1. The Kier molecular flexibility index (Phi) is 5.25. The van der Waals surface area contributed by atoms with Crippen LogP contribution in [0.2, 0.25) is 0 Å². The molecular weight excluding hydrogens is 346 g/mol. The lowest BCUT2D eigenvalue weighted by atomic mass is 10.2. The molecule has 1 aromatic carbocycles. The average Bonchev–Trinajstić information content (AvgIpc) is 2.54. The Balaban J connectivity index is 1.62. The Labute approximate surface area is 138 Å². The molecule has 2 N–H and O–H groups in total. The molecule has 1 aliphatic heterocycles. The van der Waals surface area contributed by atoms with E-state index in [9.17, 15) is 5.11 Å². The smallest absolute Gasteiger partial charge is 0.0864 e. The molecule has 0 amide bonds. The number of benzene rings is 1. The van der Waals surface area contributed by atoms with Crippen LogP contribution in [0.3, 0.4) is 0 Å². The highest BCUT2D eigenvalue weighted by Gasteiger charge is 2.15. The van der Waals surface area contributed by atoms with Gasteiger partial charge in [-0.3, -0.25) is 9.88 Å². The van der Waals surface area contributed by atoms with Gasteiger partial charge in [0.2, 0.25) is 0 Å². The highest BCUT2D eigenvalue weighted by molar-refractivity contribution is 9.10. The van der Waals surface area contributed by atoms with E-state index in [1.807, 2.05) is 24.3 Å². The van der Waals surface area contributed by atoms with Crippen molar-refractivity contribution in [3.05, 3.63) is 34.9 Å². The number of anilines is 1. The Bertz CT molecular complexity index is 632. The normalized spacial score (nSPS) is 17.5. The van der Waals surface area contributed by atoms with Crippen LogP contribution in [-0.4, -0.2) is 60.5 Å². The minimum absolute atomic E-state index is 0.409. The number of pyridine rings is 1. The first kappa shape index (κ1) is 15.7. The summed E-state index contributed by atoms with van der Waals surface area (Å²) in [5.41, 5.74) is 1.92. The van der Waals surface area contributed by atoms with Crippen molar-refractivity contribution in [3.63, 3.8) is 0 Å². The Hall–Kier alpha value is -1.21. The molecule has 2 aromatic rings. The summed E-state index contributed by atoms with van der Waals surface area (Å²) < 4.78 is 6.29. The number of ether oxygens (including phenoxy) is 1. The number of morpholine rings is 1. The van der Waals surface area contributed by atoms with Crippen molar-refractivity contribution in [2.24, 2.45) is 0 Å². The third kappa shape index (κ3) is 3.76. The average molecular weight is 366 g/mol. The summed E-state index contributed by atoms with van der Waals surface area (Å²) in [6.07, 6.45) is 1.37. The quantitative estimate of drug-likeness (QED) is 0.849. The van der Waals surface area contributed by atoms with Crippen LogP contribution in [0.1, 0.15) is 0 Å². The molecule has 5 nitrogen and oxygen atoms in total. The number of nitrogens with one attached hydrogen (secondary N) is 1. The van der Waals surface area contributed by atoms with Gasteiger partial charge in [0.25, 0.3) is 0 Å². The SMILES string of the molecule is OC(CNc1ccnc2c(Br)cccc12)CN1CCOCC1. The summed E-state index contributed by atoms with van der Waals surface area (Å²) in [5, 5.41) is 14.6. The van der Waals surface area contributed by atoms with Gasteiger partial charge in [-0.25, -0.2) is 0 Å². The van der Waals surface area contributed by atoms with Crippen molar-refractivity contribution in [3.8, 4) is 0 Å². The Morgan fingerprint density at radius 3 is 2.95 bits per heavy atom. The maximum Gasteiger partial charge on any atom is 0.0864 e. The number of rotatable bonds is 5. The molecule has 2 heterocycles. The van der Waals surface area contributed by atoms with Crippen molar-refractivity contribution in [1.82, 2.24) is 9.88 Å². The van der Waals surface area contributed by atoms with Crippen LogP contribution in [0.25, 0.3) is 10.9 Å². The summed E-state index contributed by atoms with van der Waals surface area (Å²) >= 11 is 3.52. The third-order valence-electron chi connectivity index (χ3n) is 3.82. The molecule has 6 heteroatoms. The number of aromatic nitrogens is 1. The van der Waals surface area contributed by atoms with Crippen LogP contribution in [0.15, 0.2) is 34.9 Å². The van der Waals surface area contributed by atoms with Gasteiger partial charge in [0.1, 0.15) is 0 Å². The number of aliphatic hydroxyl groups is 1. The van der Waals surface area contributed by atoms with Crippen LogP contribution in [0.5, 0.6) is 0 Å². The number of hydrogen-bond donors (Lipinski definition) is 2. The molecule has 1 fully saturated rings. The van der Waals surface area contributed by atoms with Crippen molar-refractivity contribution in [2.45, 2.75) is 6.10 Å². The predicted molar refractivity (Wildman–Crippen MR) is 91.2 cm³/mol. The van der Waals surface area contributed by atoms with Crippen LogP contribution >= 0.6 is 15.9 Å². The molecule has 0 radical (unpaired) electrons. The molecule has 1 saturated heterocycles. The number of aliphatic hydroxyl groups excluding tert-OH is 1. The number of halogens is 1. The molecule has 1 aliphatic rings. The van der Waals surface area contributed by atoms with Crippen molar-refractivity contribution >= 4 is 32.5 Å². The molecule has 1 unspecified atom stereocenters. The van der Waals surface area contributed by atoms with E-state index in [1.54, 1.807) is 6.20 Å². The lowest BCUT2D eigenvalue weighted by Gasteiger charge is -2.28. The van der Waals surface area contributed by atoms with E-state index in [0.717, 1.165) is 47.4 Å². The Morgan fingerprint density at radius 1 is 1.32 bits per heavy atom. The van der Waals surface area contributed by atoms with Gasteiger partial charge in [-0.05, 0) is 28.1 Å². The predicted octanol–water partition coefficient (Wildman–Crippen LogP) is 2.10. The number of β-amino-alcohol motifs (C(OH)–C–C–N with tert-alkyl or cyclic N) is 1. The first-order valence-electron chi connectivity index (χ1n) is 7.49. The van der Waals surface area contributed by atoms with Crippen molar-refractivity contribution in [1.29, 1.82) is 0 Å². The minimum atomic E-state index is -0.409. The Morgan fingerprint density at radius 2 is 2.14 bits per heavy atom. The van der Waals surface area contributed by atoms with E-state index in [-0.39, 0.29) is 0 Å². The third-order valence-corrected chi connectivity index (χ3v) is 4.46. The summed E-state index contributed by atoms with van der Waals surface area (Å²) in [4.78, 5) is 6.62. The largest absolute Gasteiger partial charge is 0.390 e. The van der Waals surface area contributed by atoms with Gasteiger partial charge in [-0.1, -0.05) is 12.1 Å². The van der Waals surface area contributed by atoms with Gasteiger partial charge in [-0.15, -0.1) is 0 Å². The first-order chi connectivity index (χ1) is 10.7. The highest BCUT2D eigenvalue weighted by Crippen LogP contribution is 2.27. The summed E-state index contributed by atoms with van der Waals surface area (Å²) in [6.45, 7) is 4.47. The highest BCUT2D eigenvalue weighted by atomic mass is 79.9. The molecule has 1 atom stereocenters. The van der Waals surface area contributed by atoms with Crippen LogP contribution < -0.4 is 5.32 Å². The van der Waals surface area contributed by atoms with Crippen LogP contribution in [-0.2, 0) is 4.74 Å². The fraction of sp³-hybridized carbons (Fsp3) is 0.438. The zero-order chi connectivity index (χ0) is 15.4. The molecule has 1 aromatic heterocycles. The topological polar surface area (TPSA) is 57.6 Å². The summed E-state index contributed by atoms with van der Waals surface area (Å²) in [5.74, 6) is 0. The second kappa shape index (κ2) is 7.37. The lowest BCUT2D eigenvalue weighted by Crippen LogP contribution is -2.42. The van der Waals surface area contributed by atoms with Gasteiger partial charge in [-0.2, -0.15) is 0 Å². The molecule has 0 aliphatic carbocycles. The number of hydrogen-bond acceptors (Lipinski definition) is 5. The fourth-order valence-electron chi connectivity index (χ4n) is 2.67. The van der Waals surface area contributed by atoms with E-state index in [1.165, 1.54) is 0 Å². The monoisotopic (exact) mass is 365 g/mol. The van der Waals surface area contributed by atoms with E-state index in [2.05, 4.69) is 31.1 Å². The second-order valence-corrected chi connectivity index (χ2v) is 6.30. The molecule has 0 bridgehead atoms. The molecule has 118 valence electrons. The fourth-order valence-corrected chi connectivity index (χ4v) is 3.14. The number of fused-ring (bicyclic) bond motifs is 1. The molecule has 0 saturated carbocycles. The van der Waals surface area contributed by atoms with Crippen molar-refractivity contribution < 1.29 is 9.84 Å².